The molecule has 0 saturated heterocycles. The van der Waals surface area contributed by atoms with Gasteiger partial charge in [0.05, 0.1) is 4.90 Å². The molecule has 0 unspecified atom stereocenters. The van der Waals surface area contributed by atoms with E-state index >= 15 is 0 Å². The Hall–Kier alpha value is -0.910. The van der Waals surface area contributed by atoms with E-state index in [0.717, 1.165) is 29.7 Å². The summed E-state index contributed by atoms with van der Waals surface area (Å²) < 4.78 is 27.1. The SMILES string of the molecule is Cc1cc(C)c(S(=O)(=O)NCCCN(C)C)cc1C. The molecule has 1 aromatic rings. The van der Waals surface area contributed by atoms with Gasteiger partial charge in [0.15, 0.2) is 0 Å². The van der Waals surface area contributed by atoms with Crippen LogP contribution in [0.1, 0.15) is 23.1 Å². The normalized spacial score (nSPS) is 12.1. The Morgan fingerprint density at radius 2 is 1.63 bits per heavy atom. The van der Waals surface area contributed by atoms with Crippen LogP contribution in [0.15, 0.2) is 17.0 Å². The van der Waals surface area contributed by atoms with E-state index < -0.39 is 10.0 Å². The molecular weight excluding hydrogens is 260 g/mol. The van der Waals surface area contributed by atoms with Gasteiger partial charge in [0.2, 0.25) is 10.0 Å². The standard InChI is InChI=1S/C14H24N2O2S/c1-11-9-13(3)14(10-12(11)2)19(17,18)15-7-6-8-16(4)5/h9-10,15H,6-8H2,1-5H3. The summed E-state index contributed by atoms with van der Waals surface area (Å²) in [5, 5.41) is 0. The molecule has 4 nitrogen and oxygen atoms in total. The zero-order chi connectivity index (χ0) is 14.6. The number of hydrogen-bond acceptors (Lipinski definition) is 3. The number of hydrogen-bond donors (Lipinski definition) is 1. The molecule has 1 aromatic carbocycles. The second kappa shape index (κ2) is 6.50. The highest BCUT2D eigenvalue weighted by atomic mass is 32.2. The Bertz CT molecular complexity index is 537. The third-order valence-corrected chi connectivity index (χ3v) is 4.76. The van der Waals surface area contributed by atoms with Gasteiger partial charge in [-0.15, -0.1) is 0 Å². The van der Waals surface area contributed by atoms with Crippen LogP contribution in [0, 0.1) is 20.8 Å². The number of nitrogens with zero attached hydrogens (tertiary/aromatic N) is 1. The van der Waals surface area contributed by atoms with Crippen LogP contribution < -0.4 is 4.72 Å². The van der Waals surface area contributed by atoms with E-state index in [2.05, 4.69) is 4.72 Å². The van der Waals surface area contributed by atoms with Crippen LogP contribution in [-0.4, -0.2) is 40.5 Å². The molecule has 19 heavy (non-hydrogen) atoms. The fourth-order valence-electron chi connectivity index (χ4n) is 1.90. The van der Waals surface area contributed by atoms with E-state index in [1.165, 1.54) is 0 Å². The molecule has 0 aliphatic carbocycles. The average Bonchev–Trinajstić information content (AvgIpc) is 2.29. The minimum atomic E-state index is -3.40. The van der Waals surface area contributed by atoms with E-state index in [1.54, 1.807) is 6.07 Å². The van der Waals surface area contributed by atoms with Gasteiger partial charge in [-0.25, -0.2) is 13.1 Å². The summed E-state index contributed by atoms with van der Waals surface area (Å²) in [6.45, 7) is 7.09. The van der Waals surface area contributed by atoms with E-state index in [0.29, 0.717) is 11.4 Å². The summed E-state index contributed by atoms with van der Waals surface area (Å²) in [5.41, 5.74) is 2.91. The molecule has 0 bridgehead atoms. The molecule has 0 heterocycles. The molecule has 0 amide bonds. The second-order valence-corrected chi connectivity index (χ2v) is 6.99. The van der Waals surface area contributed by atoms with Crippen molar-refractivity contribution >= 4 is 10.0 Å². The summed E-state index contributed by atoms with van der Waals surface area (Å²) in [6, 6.07) is 3.67. The Labute approximate surface area is 116 Å². The largest absolute Gasteiger partial charge is 0.309 e. The number of rotatable bonds is 6. The van der Waals surface area contributed by atoms with Crippen molar-refractivity contribution < 1.29 is 8.42 Å². The quantitative estimate of drug-likeness (QED) is 0.811. The number of sulfonamides is 1. The third-order valence-electron chi connectivity index (χ3n) is 3.15. The third kappa shape index (κ3) is 4.60. The van der Waals surface area contributed by atoms with E-state index in [4.69, 9.17) is 0 Å². The van der Waals surface area contributed by atoms with Gasteiger partial charge in [0.1, 0.15) is 0 Å². The van der Waals surface area contributed by atoms with Gasteiger partial charge in [0, 0.05) is 6.54 Å². The lowest BCUT2D eigenvalue weighted by molar-refractivity contribution is 0.400. The van der Waals surface area contributed by atoms with Crippen LogP contribution >= 0.6 is 0 Å². The van der Waals surface area contributed by atoms with Crippen LogP contribution in [0.25, 0.3) is 0 Å². The first-order valence-corrected chi connectivity index (χ1v) is 7.94. The molecule has 0 aliphatic heterocycles. The Morgan fingerprint density at radius 3 is 2.21 bits per heavy atom. The topological polar surface area (TPSA) is 49.4 Å². The van der Waals surface area contributed by atoms with Gasteiger partial charge < -0.3 is 4.90 Å². The van der Waals surface area contributed by atoms with Crippen molar-refractivity contribution in [3.05, 3.63) is 28.8 Å². The molecule has 5 heteroatoms. The highest BCUT2D eigenvalue weighted by molar-refractivity contribution is 7.89. The van der Waals surface area contributed by atoms with Crippen molar-refractivity contribution in [3.63, 3.8) is 0 Å². The maximum absolute atomic E-state index is 12.2. The molecule has 0 aliphatic rings. The van der Waals surface area contributed by atoms with Crippen molar-refractivity contribution in [1.82, 2.24) is 9.62 Å². The summed E-state index contributed by atoms with van der Waals surface area (Å²) in [6.07, 6.45) is 0.802. The van der Waals surface area contributed by atoms with Gasteiger partial charge in [0.25, 0.3) is 0 Å². The number of benzene rings is 1. The van der Waals surface area contributed by atoms with Gasteiger partial charge >= 0.3 is 0 Å². The predicted molar refractivity (Wildman–Crippen MR) is 79.0 cm³/mol. The van der Waals surface area contributed by atoms with Crippen molar-refractivity contribution in [2.24, 2.45) is 0 Å². The fourth-order valence-corrected chi connectivity index (χ4v) is 3.29. The van der Waals surface area contributed by atoms with Gasteiger partial charge in [-0.05, 0) is 70.6 Å². The monoisotopic (exact) mass is 284 g/mol. The van der Waals surface area contributed by atoms with Crippen molar-refractivity contribution in [1.29, 1.82) is 0 Å². The minimum Gasteiger partial charge on any atom is -0.309 e. The van der Waals surface area contributed by atoms with E-state index in [-0.39, 0.29) is 0 Å². The van der Waals surface area contributed by atoms with Gasteiger partial charge in [-0.3, -0.25) is 0 Å². The Balaban J connectivity index is 2.80. The Kier molecular flexibility index (Phi) is 5.52. The fraction of sp³-hybridized carbons (Fsp3) is 0.571. The van der Waals surface area contributed by atoms with Crippen LogP contribution in [0.3, 0.4) is 0 Å². The highest BCUT2D eigenvalue weighted by Crippen LogP contribution is 2.19. The molecule has 0 saturated carbocycles. The molecule has 0 radical (unpaired) electrons. The molecule has 1 rings (SSSR count). The molecule has 1 N–H and O–H groups in total. The van der Waals surface area contributed by atoms with Crippen LogP contribution in [-0.2, 0) is 10.0 Å². The predicted octanol–water partition coefficient (Wildman–Crippen LogP) is 1.84. The number of nitrogens with one attached hydrogen (secondary N) is 1. The first kappa shape index (κ1) is 16.1. The van der Waals surface area contributed by atoms with Gasteiger partial charge in [-0.1, -0.05) is 6.07 Å². The van der Waals surface area contributed by atoms with E-state index in [1.807, 2.05) is 45.8 Å². The van der Waals surface area contributed by atoms with Gasteiger partial charge in [-0.2, -0.15) is 0 Å². The summed E-state index contributed by atoms with van der Waals surface area (Å²) in [7, 11) is 0.552. The minimum absolute atomic E-state index is 0.389. The first-order valence-electron chi connectivity index (χ1n) is 6.46. The lowest BCUT2D eigenvalue weighted by atomic mass is 10.1. The van der Waals surface area contributed by atoms with Crippen molar-refractivity contribution in [2.45, 2.75) is 32.1 Å². The maximum atomic E-state index is 12.2. The van der Waals surface area contributed by atoms with E-state index in [9.17, 15) is 8.42 Å². The molecular formula is C14H24N2O2S. The first-order chi connectivity index (χ1) is 8.74. The molecule has 108 valence electrons. The zero-order valence-electron chi connectivity index (χ0n) is 12.4. The average molecular weight is 284 g/mol. The van der Waals surface area contributed by atoms with Crippen LogP contribution in [0.5, 0.6) is 0 Å². The highest BCUT2D eigenvalue weighted by Gasteiger charge is 2.17. The van der Waals surface area contributed by atoms with Crippen molar-refractivity contribution in [3.8, 4) is 0 Å². The van der Waals surface area contributed by atoms with Crippen LogP contribution in [0.2, 0.25) is 0 Å². The number of aryl methyl sites for hydroxylation is 3. The molecule has 0 aromatic heterocycles. The Morgan fingerprint density at radius 1 is 1.05 bits per heavy atom. The lowest BCUT2D eigenvalue weighted by Gasteiger charge is -2.13. The van der Waals surface area contributed by atoms with Crippen molar-refractivity contribution in [2.75, 3.05) is 27.2 Å². The second-order valence-electron chi connectivity index (χ2n) is 5.26. The zero-order valence-corrected chi connectivity index (χ0v) is 13.3. The van der Waals surface area contributed by atoms with Crippen LogP contribution in [0.4, 0.5) is 0 Å². The lowest BCUT2D eigenvalue weighted by Crippen LogP contribution is -2.28. The summed E-state index contributed by atoms with van der Waals surface area (Å²) >= 11 is 0. The summed E-state index contributed by atoms with van der Waals surface area (Å²) in [5.74, 6) is 0. The smallest absolute Gasteiger partial charge is 0.240 e. The molecule has 0 atom stereocenters. The molecule has 0 spiro atoms. The summed E-state index contributed by atoms with van der Waals surface area (Å²) in [4.78, 5) is 2.43. The maximum Gasteiger partial charge on any atom is 0.240 e. The molecule has 0 fully saturated rings.